The van der Waals surface area contributed by atoms with Gasteiger partial charge in [-0.25, -0.2) is 4.98 Å². The zero-order valence-electron chi connectivity index (χ0n) is 16.0. The van der Waals surface area contributed by atoms with Crippen molar-refractivity contribution in [1.82, 2.24) is 20.1 Å². The first-order chi connectivity index (χ1) is 13.1. The highest BCUT2D eigenvalue weighted by atomic mass is 16.1. The number of hydrogen-bond donors (Lipinski definition) is 1. The van der Waals surface area contributed by atoms with E-state index in [2.05, 4.69) is 10.4 Å². The van der Waals surface area contributed by atoms with Crippen molar-refractivity contribution in [3.63, 3.8) is 0 Å². The lowest BCUT2D eigenvalue weighted by Crippen LogP contribution is -2.34. The largest absolute Gasteiger partial charge is 0.349 e. The van der Waals surface area contributed by atoms with E-state index in [-0.39, 0.29) is 11.9 Å². The highest BCUT2D eigenvalue weighted by molar-refractivity contribution is 6.07. The van der Waals surface area contributed by atoms with Gasteiger partial charge in [-0.05, 0) is 31.9 Å². The SMILES string of the molecule is Cc1c(-c2cc(C(=O)NC3CCCCCC3)c3ccccc3n2)cnn1C. The molecule has 0 bridgehead atoms. The predicted molar refractivity (Wildman–Crippen MR) is 108 cm³/mol. The fourth-order valence-corrected chi connectivity index (χ4v) is 3.94. The highest BCUT2D eigenvalue weighted by Crippen LogP contribution is 2.27. The van der Waals surface area contributed by atoms with E-state index in [0.717, 1.165) is 40.7 Å². The molecule has 1 N–H and O–H groups in total. The lowest BCUT2D eigenvalue weighted by molar-refractivity contribution is 0.0935. The van der Waals surface area contributed by atoms with Crippen molar-refractivity contribution in [2.24, 2.45) is 7.05 Å². The summed E-state index contributed by atoms with van der Waals surface area (Å²) in [5.41, 5.74) is 4.33. The predicted octanol–water partition coefficient (Wildman–Crippen LogP) is 4.40. The molecule has 2 heterocycles. The molecule has 0 atom stereocenters. The van der Waals surface area contributed by atoms with Gasteiger partial charge in [0.05, 0.1) is 23.0 Å². The van der Waals surface area contributed by atoms with Crippen LogP contribution in [0.4, 0.5) is 0 Å². The Kier molecular flexibility index (Phi) is 4.92. The van der Waals surface area contributed by atoms with E-state index in [1.165, 1.54) is 25.7 Å². The molecule has 4 rings (SSSR count). The third kappa shape index (κ3) is 3.59. The summed E-state index contributed by atoms with van der Waals surface area (Å²) in [4.78, 5) is 17.9. The molecule has 0 unspecified atom stereocenters. The van der Waals surface area contributed by atoms with Gasteiger partial charge in [0.2, 0.25) is 0 Å². The Labute approximate surface area is 159 Å². The Balaban J connectivity index is 1.74. The number of pyridine rings is 1. The Morgan fingerprint density at radius 1 is 1.15 bits per heavy atom. The van der Waals surface area contributed by atoms with Gasteiger partial charge in [0, 0.05) is 29.7 Å². The van der Waals surface area contributed by atoms with Crippen molar-refractivity contribution in [2.45, 2.75) is 51.5 Å². The molecule has 0 saturated heterocycles. The van der Waals surface area contributed by atoms with E-state index in [4.69, 9.17) is 4.98 Å². The minimum atomic E-state index is 0.00305. The summed E-state index contributed by atoms with van der Waals surface area (Å²) < 4.78 is 1.83. The molecule has 1 aromatic carbocycles. The summed E-state index contributed by atoms with van der Waals surface area (Å²) in [5, 5.41) is 8.50. The molecular weight excluding hydrogens is 336 g/mol. The first kappa shape index (κ1) is 17.7. The summed E-state index contributed by atoms with van der Waals surface area (Å²) in [6.07, 6.45) is 8.90. The second kappa shape index (κ2) is 7.51. The highest BCUT2D eigenvalue weighted by Gasteiger charge is 2.19. The maximum Gasteiger partial charge on any atom is 0.252 e. The van der Waals surface area contributed by atoms with Crippen LogP contribution in [-0.2, 0) is 7.05 Å². The summed E-state index contributed by atoms with van der Waals surface area (Å²) >= 11 is 0. The van der Waals surface area contributed by atoms with Crippen LogP contribution in [-0.4, -0.2) is 26.7 Å². The van der Waals surface area contributed by atoms with Gasteiger partial charge in [0.15, 0.2) is 0 Å². The van der Waals surface area contributed by atoms with Crippen molar-refractivity contribution in [3.05, 3.63) is 47.8 Å². The lowest BCUT2D eigenvalue weighted by atomic mass is 10.0. The molecule has 0 spiro atoms. The molecule has 5 heteroatoms. The second-order valence-corrected chi connectivity index (χ2v) is 7.50. The van der Waals surface area contributed by atoms with Crippen LogP contribution >= 0.6 is 0 Å². The topological polar surface area (TPSA) is 59.8 Å². The monoisotopic (exact) mass is 362 g/mol. The molecule has 1 amide bonds. The fraction of sp³-hybridized carbons (Fsp3) is 0.409. The normalized spacial score (nSPS) is 15.6. The molecule has 1 fully saturated rings. The van der Waals surface area contributed by atoms with Gasteiger partial charge in [-0.2, -0.15) is 5.10 Å². The summed E-state index contributed by atoms with van der Waals surface area (Å²) in [7, 11) is 1.92. The number of fused-ring (bicyclic) bond motifs is 1. The van der Waals surface area contributed by atoms with Gasteiger partial charge in [-0.1, -0.05) is 43.9 Å². The number of carbonyl (C=O) groups excluding carboxylic acids is 1. The number of nitrogens with one attached hydrogen (secondary N) is 1. The van der Waals surface area contributed by atoms with E-state index in [9.17, 15) is 4.79 Å². The van der Waals surface area contributed by atoms with Crippen molar-refractivity contribution in [1.29, 1.82) is 0 Å². The van der Waals surface area contributed by atoms with Crippen LogP contribution in [0.2, 0.25) is 0 Å². The van der Waals surface area contributed by atoms with Gasteiger partial charge in [-0.3, -0.25) is 9.48 Å². The number of aromatic nitrogens is 3. The minimum Gasteiger partial charge on any atom is -0.349 e. The number of amides is 1. The van der Waals surface area contributed by atoms with Crippen LogP contribution in [0.3, 0.4) is 0 Å². The number of aryl methyl sites for hydroxylation is 1. The Morgan fingerprint density at radius 2 is 1.89 bits per heavy atom. The third-order valence-corrected chi connectivity index (χ3v) is 5.66. The minimum absolute atomic E-state index is 0.00305. The standard InChI is InChI=1S/C22H26N4O/c1-15-19(14-23-26(15)2)21-13-18(17-11-7-8-12-20(17)25-21)22(27)24-16-9-5-3-4-6-10-16/h7-8,11-14,16H,3-6,9-10H2,1-2H3,(H,24,27). The molecule has 1 aliphatic rings. The lowest BCUT2D eigenvalue weighted by Gasteiger charge is -2.17. The van der Waals surface area contributed by atoms with Crippen LogP contribution in [0.1, 0.15) is 54.6 Å². The number of para-hydroxylation sites is 1. The molecule has 27 heavy (non-hydrogen) atoms. The van der Waals surface area contributed by atoms with E-state index >= 15 is 0 Å². The molecule has 0 radical (unpaired) electrons. The van der Waals surface area contributed by atoms with Gasteiger partial charge in [0.1, 0.15) is 0 Å². The first-order valence-corrected chi connectivity index (χ1v) is 9.83. The van der Waals surface area contributed by atoms with E-state index in [0.29, 0.717) is 5.56 Å². The Morgan fingerprint density at radius 3 is 2.59 bits per heavy atom. The van der Waals surface area contributed by atoms with Gasteiger partial charge >= 0.3 is 0 Å². The third-order valence-electron chi connectivity index (χ3n) is 5.66. The molecule has 1 aliphatic carbocycles. The number of hydrogen-bond acceptors (Lipinski definition) is 3. The summed E-state index contributed by atoms with van der Waals surface area (Å²) in [5.74, 6) is 0.00305. The Bertz CT molecular complexity index is 968. The molecule has 140 valence electrons. The second-order valence-electron chi connectivity index (χ2n) is 7.50. The molecule has 3 aromatic rings. The van der Waals surface area contributed by atoms with Crippen LogP contribution in [0.5, 0.6) is 0 Å². The van der Waals surface area contributed by atoms with Crippen LogP contribution in [0.15, 0.2) is 36.5 Å². The number of benzene rings is 1. The van der Waals surface area contributed by atoms with Crippen molar-refractivity contribution < 1.29 is 4.79 Å². The maximum absolute atomic E-state index is 13.2. The van der Waals surface area contributed by atoms with Gasteiger partial charge in [-0.15, -0.1) is 0 Å². The zero-order chi connectivity index (χ0) is 18.8. The van der Waals surface area contributed by atoms with Crippen LogP contribution < -0.4 is 5.32 Å². The summed E-state index contributed by atoms with van der Waals surface area (Å²) in [6.45, 7) is 2.02. The molecule has 1 saturated carbocycles. The Hall–Kier alpha value is -2.69. The first-order valence-electron chi connectivity index (χ1n) is 9.83. The molecular formula is C22H26N4O. The molecule has 5 nitrogen and oxygen atoms in total. The zero-order valence-corrected chi connectivity index (χ0v) is 16.0. The van der Waals surface area contributed by atoms with Gasteiger partial charge in [0.25, 0.3) is 5.91 Å². The maximum atomic E-state index is 13.2. The fourth-order valence-electron chi connectivity index (χ4n) is 3.94. The summed E-state index contributed by atoms with van der Waals surface area (Å²) in [6, 6.07) is 10.1. The van der Waals surface area contributed by atoms with E-state index < -0.39 is 0 Å². The number of carbonyl (C=O) groups is 1. The van der Waals surface area contributed by atoms with E-state index in [1.807, 2.05) is 55.2 Å². The average Bonchev–Trinajstić information content (AvgIpc) is 2.87. The smallest absolute Gasteiger partial charge is 0.252 e. The average molecular weight is 362 g/mol. The van der Waals surface area contributed by atoms with Crippen molar-refractivity contribution in [3.8, 4) is 11.3 Å². The van der Waals surface area contributed by atoms with E-state index in [1.54, 1.807) is 0 Å². The number of nitrogens with zero attached hydrogens (tertiary/aromatic N) is 3. The van der Waals surface area contributed by atoms with Crippen molar-refractivity contribution in [2.75, 3.05) is 0 Å². The van der Waals surface area contributed by atoms with Crippen LogP contribution in [0, 0.1) is 6.92 Å². The molecule has 2 aromatic heterocycles. The number of rotatable bonds is 3. The van der Waals surface area contributed by atoms with Crippen LogP contribution in [0.25, 0.3) is 22.2 Å². The van der Waals surface area contributed by atoms with Gasteiger partial charge < -0.3 is 5.32 Å². The molecule has 0 aliphatic heterocycles. The quantitative estimate of drug-likeness (QED) is 0.703. The van der Waals surface area contributed by atoms with Crippen molar-refractivity contribution >= 4 is 16.8 Å².